The van der Waals surface area contributed by atoms with E-state index in [4.69, 9.17) is 4.74 Å². The minimum absolute atomic E-state index is 0.0381. The molecule has 0 saturated carbocycles. The van der Waals surface area contributed by atoms with Gasteiger partial charge in [-0.05, 0) is 55.3 Å². The van der Waals surface area contributed by atoms with E-state index < -0.39 is 30.3 Å². The fourth-order valence-corrected chi connectivity index (χ4v) is 6.23. The highest BCUT2D eigenvalue weighted by molar-refractivity contribution is 5.90. The van der Waals surface area contributed by atoms with Crippen molar-refractivity contribution in [2.24, 2.45) is 11.8 Å². The molecule has 4 aliphatic rings. The number of hydrogen-bond acceptors (Lipinski definition) is 8. The molecule has 1 aromatic carbocycles. The molecule has 2 saturated heterocycles. The second kappa shape index (κ2) is 16.4. The minimum atomic E-state index is -1.02. The molecule has 4 heterocycles. The van der Waals surface area contributed by atoms with Gasteiger partial charge in [-0.2, -0.15) is 0 Å². The predicted molar refractivity (Wildman–Crippen MR) is 170 cm³/mol. The first-order valence-corrected chi connectivity index (χ1v) is 16.6. The monoisotopic (exact) mass is 628 g/mol. The summed E-state index contributed by atoms with van der Waals surface area (Å²) in [4.78, 5) is 57.2. The predicted octanol–water partition coefficient (Wildman–Crippen LogP) is 0.425. The standard InChI is InChI=1S/C33H52N6O6/c1-5-22(4)30-32(43)34-13-7-14-38-15-16-39(26(19-38)31(42)37-30)20-27(40)25-18-23-9-11-24(12-10-23)45-17-6-8-28(41)36-29(21(2)3)33(44)35-25/h9-12,21-22,25-27,29-30,40H,5-8,13-20H2,1-4H3,(H,34,43)(H,35,44)(H,36,41)(H,37,42). The van der Waals surface area contributed by atoms with Gasteiger partial charge in [-0.3, -0.25) is 29.0 Å². The Labute approximate surface area is 267 Å². The number of nitrogens with zero attached hydrogens (tertiary/aromatic N) is 2. The van der Waals surface area contributed by atoms with Crippen molar-refractivity contribution in [1.29, 1.82) is 0 Å². The second-order valence-electron chi connectivity index (χ2n) is 13.1. The van der Waals surface area contributed by atoms with E-state index in [0.29, 0.717) is 44.8 Å². The van der Waals surface area contributed by atoms with Crippen LogP contribution in [-0.4, -0.2) is 115 Å². The van der Waals surface area contributed by atoms with Crippen molar-refractivity contribution in [3.63, 3.8) is 0 Å². The van der Waals surface area contributed by atoms with Crippen LogP contribution in [0.25, 0.3) is 0 Å². The van der Waals surface area contributed by atoms with Gasteiger partial charge < -0.3 is 31.1 Å². The third-order valence-electron chi connectivity index (χ3n) is 9.30. The molecule has 4 bridgehead atoms. The highest BCUT2D eigenvalue weighted by Crippen LogP contribution is 2.19. The third-order valence-corrected chi connectivity index (χ3v) is 9.30. The average Bonchev–Trinajstić information content (AvgIpc) is 3.04. The molecule has 7 unspecified atom stereocenters. The summed E-state index contributed by atoms with van der Waals surface area (Å²) >= 11 is 0. The maximum absolute atomic E-state index is 13.8. The normalized spacial score (nSPS) is 29.1. The van der Waals surface area contributed by atoms with Crippen LogP contribution in [-0.2, 0) is 25.6 Å². The lowest BCUT2D eigenvalue weighted by Gasteiger charge is -2.42. The van der Waals surface area contributed by atoms with Crippen LogP contribution in [0.15, 0.2) is 24.3 Å². The molecule has 12 nitrogen and oxygen atoms in total. The molecule has 12 heteroatoms. The third kappa shape index (κ3) is 9.64. The molecule has 4 amide bonds. The Morgan fingerprint density at radius 2 is 1.67 bits per heavy atom. The Balaban J connectivity index is 1.56. The smallest absolute Gasteiger partial charge is 0.243 e. The zero-order valence-electron chi connectivity index (χ0n) is 27.2. The van der Waals surface area contributed by atoms with Gasteiger partial charge in [0.2, 0.25) is 23.6 Å². The number of aliphatic hydroxyl groups is 1. The topological polar surface area (TPSA) is 152 Å². The zero-order valence-corrected chi connectivity index (χ0v) is 27.2. The fourth-order valence-electron chi connectivity index (χ4n) is 6.23. The lowest BCUT2D eigenvalue weighted by Crippen LogP contribution is -2.64. The summed E-state index contributed by atoms with van der Waals surface area (Å²) in [6.07, 6.45) is 1.61. The van der Waals surface area contributed by atoms with Gasteiger partial charge in [0.25, 0.3) is 0 Å². The number of hydrogen-bond donors (Lipinski definition) is 5. The summed E-state index contributed by atoms with van der Waals surface area (Å²) in [5.41, 5.74) is 0.909. The van der Waals surface area contributed by atoms with Crippen molar-refractivity contribution < 1.29 is 29.0 Å². The summed E-state index contributed by atoms with van der Waals surface area (Å²) in [6.45, 7) is 11.3. The van der Waals surface area contributed by atoms with Gasteiger partial charge >= 0.3 is 0 Å². The van der Waals surface area contributed by atoms with Gasteiger partial charge in [-0.25, -0.2) is 0 Å². The molecule has 0 aliphatic carbocycles. The lowest BCUT2D eigenvalue weighted by atomic mass is 9.96. The number of aliphatic hydroxyl groups excluding tert-OH is 1. The first kappa shape index (κ1) is 34.6. The van der Waals surface area contributed by atoms with Gasteiger partial charge in [0.1, 0.15) is 23.9 Å². The Morgan fingerprint density at radius 3 is 2.38 bits per heavy atom. The number of carbonyl (C=O) groups is 4. The first-order chi connectivity index (χ1) is 21.5. The highest BCUT2D eigenvalue weighted by Gasteiger charge is 2.38. The van der Waals surface area contributed by atoms with E-state index in [1.807, 2.05) is 56.9 Å². The van der Waals surface area contributed by atoms with Crippen LogP contribution in [0.5, 0.6) is 5.75 Å². The van der Waals surface area contributed by atoms with Crippen LogP contribution in [0.4, 0.5) is 0 Å². The number of nitrogens with one attached hydrogen (secondary N) is 4. The maximum Gasteiger partial charge on any atom is 0.243 e. The molecule has 0 radical (unpaired) electrons. The largest absolute Gasteiger partial charge is 0.494 e. The SMILES string of the molecule is CCC(C)C1NC(=O)C2CN(CCCNC1=O)CCN2CC(O)C1Cc2ccc(cc2)OCCCC(=O)NC(C(C)C)C(=O)N1. The number of ether oxygens (including phenoxy) is 1. The lowest BCUT2D eigenvalue weighted by molar-refractivity contribution is -0.135. The Morgan fingerprint density at radius 1 is 0.911 bits per heavy atom. The number of rotatable bonds is 6. The van der Waals surface area contributed by atoms with Crippen molar-refractivity contribution in [1.82, 2.24) is 31.1 Å². The number of carbonyl (C=O) groups excluding carboxylic acids is 4. The molecule has 7 atom stereocenters. The van der Waals surface area contributed by atoms with Gasteiger partial charge in [0, 0.05) is 39.1 Å². The number of β-amino-alcohol motifs (C(OH)–C–C–N with tert-alkyl or cyclic N) is 1. The van der Waals surface area contributed by atoms with Crippen LogP contribution < -0.4 is 26.0 Å². The molecule has 0 spiro atoms. The molecule has 5 rings (SSSR count). The fraction of sp³-hybridized carbons (Fsp3) is 0.697. The summed E-state index contributed by atoms with van der Waals surface area (Å²) in [5, 5.41) is 23.6. The van der Waals surface area contributed by atoms with E-state index >= 15 is 0 Å². The van der Waals surface area contributed by atoms with Crippen LogP contribution in [0.1, 0.15) is 58.9 Å². The summed E-state index contributed by atoms with van der Waals surface area (Å²) in [6, 6.07) is 4.89. The van der Waals surface area contributed by atoms with Crippen LogP contribution in [0, 0.1) is 11.8 Å². The number of fused-ring (bicyclic) bond motifs is 14. The quantitative estimate of drug-likeness (QED) is 0.304. The molecule has 250 valence electrons. The zero-order chi connectivity index (χ0) is 32.5. The minimum Gasteiger partial charge on any atom is -0.494 e. The van der Waals surface area contributed by atoms with Crippen LogP contribution in [0.3, 0.4) is 0 Å². The van der Waals surface area contributed by atoms with E-state index in [0.717, 1.165) is 31.5 Å². The molecule has 45 heavy (non-hydrogen) atoms. The molecule has 0 aromatic heterocycles. The van der Waals surface area contributed by atoms with Gasteiger partial charge in [0.05, 0.1) is 18.8 Å². The Bertz CT molecular complexity index is 1160. The summed E-state index contributed by atoms with van der Waals surface area (Å²) in [7, 11) is 0. The van der Waals surface area contributed by atoms with Crippen molar-refractivity contribution in [3.05, 3.63) is 29.8 Å². The van der Waals surface area contributed by atoms with Crippen molar-refractivity contribution in [3.8, 4) is 5.75 Å². The van der Waals surface area contributed by atoms with E-state index in [9.17, 15) is 24.3 Å². The molecule has 5 N–H and O–H groups in total. The number of piperazine rings is 1. The van der Waals surface area contributed by atoms with E-state index in [2.05, 4.69) is 26.2 Å². The Kier molecular flexibility index (Phi) is 12.6. The maximum atomic E-state index is 13.8. The molecule has 4 aliphatic heterocycles. The molecule has 1 aromatic rings. The molecule has 2 fully saturated rings. The number of amides is 4. The number of benzene rings is 1. The first-order valence-electron chi connectivity index (χ1n) is 16.6. The summed E-state index contributed by atoms with van der Waals surface area (Å²) in [5.74, 6) is -0.508. The second-order valence-corrected chi connectivity index (χ2v) is 13.1. The van der Waals surface area contributed by atoms with Crippen molar-refractivity contribution in [2.45, 2.75) is 90.1 Å². The molecular formula is C33H52N6O6. The van der Waals surface area contributed by atoms with Crippen LogP contribution in [0.2, 0.25) is 0 Å². The van der Waals surface area contributed by atoms with E-state index in [1.165, 1.54) is 0 Å². The van der Waals surface area contributed by atoms with Crippen LogP contribution >= 0.6 is 0 Å². The van der Waals surface area contributed by atoms with E-state index in [-0.39, 0.29) is 48.4 Å². The van der Waals surface area contributed by atoms with E-state index in [1.54, 1.807) is 0 Å². The van der Waals surface area contributed by atoms with Crippen molar-refractivity contribution >= 4 is 23.6 Å². The van der Waals surface area contributed by atoms with Gasteiger partial charge in [0.15, 0.2) is 0 Å². The Hall–Kier alpha value is -3.22. The highest BCUT2D eigenvalue weighted by atomic mass is 16.5. The van der Waals surface area contributed by atoms with Crippen molar-refractivity contribution in [2.75, 3.05) is 45.9 Å². The average molecular weight is 629 g/mol. The van der Waals surface area contributed by atoms with Gasteiger partial charge in [-0.1, -0.05) is 46.2 Å². The molecular weight excluding hydrogens is 576 g/mol. The summed E-state index contributed by atoms with van der Waals surface area (Å²) < 4.78 is 5.80. The van der Waals surface area contributed by atoms with Gasteiger partial charge in [-0.15, -0.1) is 0 Å².